The zero-order valence-electron chi connectivity index (χ0n) is 20.3. The number of rotatable bonds is 12. The van der Waals surface area contributed by atoms with Crippen molar-refractivity contribution in [3.63, 3.8) is 0 Å². The molecule has 0 spiro atoms. The van der Waals surface area contributed by atoms with Gasteiger partial charge in [-0.05, 0) is 26.0 Å². The first-order chi connectivity index (χ1) is 18.0. The quantitative estimate of drug-likeness (QED) is 0.220. The highest BCUT2D eigenvalue weighted by atomic mass is 31.1. The number of hydrogen-bond donors (Lipinski definition) is 2. The SMILES string of the molecule is C[C@@H](C(=O)OC(CF)CF)N(OC[C@H]1O[C@@H](n2ccc(=O)[nH]c2=O)[C@](C)(F)[C@@H]1O)[PH](=O)Oc1ccccc1. The zero-order chi connectivity index (χ0) is 28.0. The lowest BCUT2D eigenvalue weighted by Crippen LogP contribution is -2.44. The molecule has 0 saturated carbocycles. The van der Waals surface area contributed by atoms with Crippen molar-refractivity contribution < 1.29 is 46.5 Å². The van der Waals surface area contributed by atoms with Crippen molar-refractivity contribution in [2.45, 2.75) is 50.1 Å². The molecule has 3 rings (SSSR count). The Morgan fingerprint density at radius 3 is 2.53 bits per heavy atom. The summed E-state index contributed by atoms with van der Waals surface area (Å²) in [6, 6.07) is 7.21. The number of alkyl halides is 3. The standard InChI is InChI=1S/C22H27F3N3O9P/c1-13(19(31)35-15(10-23)11-24)28(38(33)37-14-6-4-3-5-7-14)34-12-16-18(30)22(2,25)20(36-16)27-9-8-17(29)26-21(27)32/h3-9,13,15-16,18,20,30,38H,10-12H2,1-2H3,(H,26,29,32)/t13-,16+,18+,20+,22+/m0/s1. The molecule has 1 aromatic heterocycles. The molecule has 6 atom stereocenters. The van der Waals surface area contributed by atoms with Gasteiger partial charge in [-0.3, -0.25) is 28.5 Å². The average molecular weight is 565 g/mol. The number of hydrogen-bond acceptors (Lipinski definition) is 9. The van der Waals surface area contributed by atoms with Gasteiger partial charge >= 0.3 is 19.8 Å². The molecule has 1 aromatic carbocycles. The number of hydroxylamine groups is 1. The maximum atomic E-state index is 15.4. The summed E-state index contributed by atoms with van der Waals surface area (Å²) < 4.78 is 70.5. The summed E-state index contributed by atoms with van der Waals surface area (Å²) in [6.45, 7) is -1.16. The lowest BCUT2D eigenvalue weighted by Gasteiger charge is -2.28. The van der Waals surface area contributed by atoms with Crippen molar-refractivity contribution in [2.75, 3.05) is 20.0 Å². The fourth-order valence-electron chi connectivity index (χ4n) is 3.54. The van der Waals surface area contributed by atoms with Gasteiger partial charge in [0.1, 0.15) is 37.3 Å². The number of benzene rings is 1. The van der Waals surface area contributed by atoms with Crippen LogP contribution in [-0.2, 0) is 23.7 Å². The van der Waals surface area contributed by atoms with Crippen molar-refractivity contribution in [3.8, 4) is 5.75 Å². The van der Waals surface area contributed by atoms with Crippen LogP contribution in [0.2, 0.25) is 0 Å². The minimum atomic E-state index is -3.44. The van der Waals surface area contributed by atoms with E-state index in [9.17, 15) is 32.8 Å². The minimum Gasteiger partial charge on any atom is -0.456 e. The number of aliphatic hydroxyl groups excluding tert-OH is 1. The van der Waals surface area contributed by atoms with Gasteiger partial charge in [-0.1, -0.05) is 23.0 Å². The first-order valence-electron chi connectivity index (χ1n) is 11.3. The fourth-order valence-corrected chi connectivity index (χ4v) is 4.57. The van der Waals surface area contributed by atoms with Crippen molar-refractivity contribution in [1.82, 2.24) is 14.4 Å². The number of aliphatic hydroxyl groups is 1. The molecule has 12 nitrogen and oxygen atoms in total. The second kappa shape index (κ2) is 12.7. The van der Waals surface area contributed by atoms with E-state index in [1.54, 1.807) is 18.2 Å². The third-order valence-corrected chi connectivity index (χ3v) is 6.93. The van der Waals surface area contributed by atoms with Crippen molar-refractivity contribution in [1.29, 1.82) is 0 Å². The van der Waals surface area contributed by atoms with Crippen LogP contribution >= 0.6 is 8.18 Å². The van der Waals surface area contributed by atoms with Gasteiger partial charge in [-0.2, -0.15) is 0 Å². The van der Waals surface area contributed by atoms with Crippen LogP contribution in [0.4, 0.5) is 13.2 Å². The average Bonchev–Trinajstić information content (AvgIpc) is 3.11. The molecule has 210 valence electrons. The van der Waals surface area contributed by atoms with Crippen LogP contribution in [0.15, 0.2) is 52.2 Å². The molecule has 1 aliphatic heterocycles. The van der Waals surface area contributed by atoms with Gasteiger partial charge in [0.2, 0.25) is 0 Å². The van der Waals surface area contributed by atoms with Gasteiger partial charge in [0.25, 0.3) is 5.56 Å². The Balaban J connectivity index is 1.80. The second-order valence-electron chi connectivity index (χ2n) is 8.49. The summed E-state index contributed by atoms with van der Waals surface area (Å²) in [6.07, 6.45) is -5.72. The molecule has 1 fully saturated rings. The first-order valence-corrected chi connectivity index (χ1v) is 12.6. The lowest BCUT2D eigenvalue weighted by atomic mass is 9.98. The minimum absolute atomic E-state index is 0.141. The Morgan fingerprint density at radius 1 is 1.26 bits per heavy atom. The Bertz CT molecular complexity index is 1230. The molecule has 0 bridgehead atoms. The molecule has 2 N–H and O–H groups in total. The number of carbonyl (C=O) groups is 1. The summed E-state index contributed by atoms with van der Waals surface area (Å²) in [5.41, 5.74) is -4.27. The normalized spacial score (nSPS) is 24.9. The molecule has 16 heteroatoms. The first kappa shape index (κ1) is 29.6. The Labute approximate surface area is 214 Å². The highest BCUT2D eigenvalue weighted by molar-refractivity contribution is 7.36. The topological polar surface area (TPSA) is 149 Å². The zero-order valence-corrected chi connectivity index (χ0v) is 21.3. The third-order valence-electron chi connectivity index (χ3n) is 5.65. The maximum Gasteiger partial charge on any atom is 0.331 e. The molecule has 2 heterocycles. The fraction of sp³-hybridized carbons (Fsp3) is 0.500. The smallest absolute Gasteiger partial charge is 0.331 e. The number of aromatic nitrogens is 2. The van der Waals surface area contributed by atoms with Gasteiger partial charge in [0.15, 0.2) is 18.0 Å². The number of nitrogens with zero attached hydrogens (tertiary/aromatic N) is 2. The molecular formula is C22H27F3N3O9P. The molecular weight excluding hydrogens is 538 g/mol. The van der Waals surface area contributed by atoms with Crippen molar-refractivity contribution in [2.24, 2.45) is 0 Å². The van der Waals surface area contributed by atoms with E-state index in [0.29, 0.717) is 4.83 Å². The number of H-pyrrole nitrogens is 1. The van der Waals surface area contributed by atoms with Crippen LogP contribution in [0.5, 0.6) is 5.75 Å². The molecule has 0 amide bonds. The highest BCUT2D eigenvalue weighted by Gasteiger charge is 2.55. The van der Waals surface area contributed by atoms with E-state index in [0.717, 1.165) is 23.8 Å². The third kappa shape index (κ3) is 6.72. The number of esters is 1. The number of aromatic amines is 1. The van der Waals surface area contributed by atoms with E-state index in [-0.39, 0.29) is 5.75 Å². The van der Waals surface area contributed by atoms with E-state index in [4.69, 9.17) is 18.8 Å². The molecule has 0 radical (unpaired) electrons. The van der Waals surface area contributed by atoms with Gasteiger partial charge < -0.3 is 19.1 Å². The van der Waals surface area contributed by atoms with Crippen LogP contribution < -0.4 is 15.8 Å². The number of halogens is 3. The van der Waals surface area contributed by atoms with Crippen molar-refractivity contribution in [3.05, 3.63) is 63.4 Å². The van der Waals surface area contributed by atoms with E-state index in [1.165, 1.54) is 19.1 Å². The summed E-state index contributed by atoms with van der Waals surface area (Å²) >= 11 is 0. The van der Waals surface area contributed by atoms with Crippen LogP contribution in [0.1, 0.15) is 20.1 Å². The Hall–Kier alpha value is -2.97. The van der Waals surface area contributed by atoms with Crippen LogP contribution in [0.25, 0.3) is 0 Å². The molecule has 1 saturated heterocycles. The summed E-state index contributed by atoms with van der Waals surface area (Å²) in [7, 11) is -3.44. The summed E-state index contributed by atoms with van der Waals surface area (Å²) in [4.78, 5) is 43.9. The molecule has 38 heavy (non-hydrogen) atoms. The Kier molecular flexibility index (Phi) is 9.90. The molecule has 1 aliphatic rings. The molecule has 1 unspecified atom stereocenters. The largest absolute Gasteiger partial charge is 0.456 e. The maximum absolute atomic E-state index is 15.4. The lowest BCUT2D eigenvalue weighted by molar-refractivity contribution is -0.185. The predicted octanol–water partition coefficient (Wildman–Crippen LogP) is 1.46. The van der Waals surface area contributed by atoms with E-state index in [2.05, 4.69) is 0 Å². The van der Waals surface area contributed by atoms with Gasteiger partial charge in [-0.25, -0.2) is 18.0 Å². The number of para-hydroxylation sites is 1. The number of ether oxygens (including phenoxy) is 2. The number of carbonyl (C=O) groups excluding carboxylic acids is 1. The van der Waals surface area contributed by atoms with Crippen LogP contribution in [-0.4, -0.2) is 75.4 Å². The van der Waals surface area contributed by atoms with E-state index < -0.39 is 81.6 Å². The van der Waals surface area contributed by atoms with Gasteiger partial charge in [0, 0.05) is 12.3 Å². The van der Waals surface area contributed by atoms with Crippen molar-refractivity contribution >= 4 is 14.1 Å². The monoisotopic (exact) mass is 565 g/mol. The van der Waals surface area contributed by atoms with Gasteiger partial charge in [0.05, 0.1) is 6.61 Å². The summed E-state index contributed by atoms with van der Waals surface area (Å²) in [5.74, 6) is -1.05. The van der Waals surface area contributed by atoms with E-state index in [1.807, 2.05) is 4.98 Å². The molecule has 0 aliphatic carbocycles. The highest BCUT2D eigenvalue weighted by Crippen LogP contribution is 2.41. The van der Waals surface area contributed by atoms with Crippen LogP contribution in [0, 0.1) is 0 Å². The summed E-state index contributed by atoms with van der Waals surface area (Å²) in [5, 5.41) is 10.5. The van der Waals surface area contributed by atoms with E-state index >= 15 is 4.39 Å². The van der Waals surface area contributed by atoms with Crippen LogP contribution in [0.3, 0.4) is 0 Å². The predicted molar refractivity (Wildman–Crippen MR) is 126 cm³/mol. The molecule has 2 aromatic rings. The second-order valence-corrected chi connectivity index (χ2v) is 9.66. The number of nitrogens with one attached hydrogen (secondary N) is 1. The Morgan fingerprint density at radius 2 is 1.92 bits per heavy atom. The van der Waals surface area contributed by atoms with Gasteiger partial charge in [-0.15, -0.1) is 0 Å².